The SMILES string of the molecule is CC1CN(c2ccc(C(F)(F)F)cn2)CC(C)N1S(=O)(=O)c1ccc2c(c1)C(C(=O)O)CC2. The van der Waals surface area contributed by atoms with E-state index in [0.29, 0.717) is 24.2 Å². The van der Waals surface area contributed by atoms with E-state index in [1.807, 2.05) is 0 Å². The van der Waals surface area contributed by atoms with Crippen molar-refractivity contribution < 1.29 is 31.5 Å². The molecular weight excluding hydrogens is 459 g/mol. The fourth-order valence-corrected chi connectivity index (χ4v) is 6.67. The Morgan fingerprint density at radius 3 is 2.33 bits per heavy atom. The minimum Gasteiger partial charge on any atom is -0.481 e. The highest BCUT2D eigenvalue weighted by molar-refractivity contribution is 7.89. The van der Waals surface area contributed by atoms with Crippen LogP contribution in [0.3, 0.4) is 0 Å². The number of hydrogen-bond acceptors (Lipinski definition) is 5. The number of anilines is 1. The molecule has 1 aliphatic heterocycles. The van der Waals surface area contributed by atoms with Gasteiger partial charge in [-0.25, -0.2) is 13.4 Å². The summed E-state index contributed by atoms with van der Waals surface area (Å²) in [6, 6.07) is 5.96. The van der Waals surface area contributed by atoms with Crippen molar-refractivity contribution in [1.82, 2.24) is 9.29 Å². The van der Waals surface area contributed by atoms with Gasteiger partial charge in [-0.3, -0.25) is 4.79 Å². The van der Waals surface area contributed by atoms with E-state index in [1.165, 1.54) is 22.5 Å². The van der Waals surface area contributed by atoms with Crippen LogP contribution in [0, 0.1) is 0 Å². The van der Waals surface area contributed by atoms with E-state index in [2.05, 4.69) is 4.98 Å². The van der Waals surface area contributed by atoms with Crippen LogP contribution in [0.15, 0.2) is 41.4 Å². The molecule has 3 atom stereocenters. The number of alkyl halides is 3. The first kappa shape index (κ1) is 23.5. The number of halogens is 3. The normalized spacial score (nSPS) is 24.0. The molecule has 0 spiro atoms. The van der Waals surface area contributed by atoms with Crippen LogP contribution in [0.1, 0.15) is 42.9 Å². The molecule has 2 aromatic rings. The van der Waals surface area contributed by atoms with Crippen LogP contribution in [0.5, 0.6) is 0 Å². The Balaban J connectivity index is 1.57. The number of aromatic nitrogens is 1. The minimum absolute atomic E-state index is 0.0502. The molecule has 178 valence electrons. The average molecular weight is 484 g/mol. The van der Waals surface area contributed by atoms with Crippen molar-refractivity contribution in [3.63, 3.8) is 0 Å². The zero-order valence-electron chi connectivity index (χ0n) is 18.1. The number of carbonyl (C=O) groups is 1. The van der Waals surface area contributed by atoms with Crippen molar-refractivity contribution in [2.75, 3.05) is 18.0 Å². The fourth-order valence-electron chi connectivity index (χ4n) is 4.83. The van der Waals surface area contributed by atoms with Crippen LogP contribution < -0.4 is 4.90 Å². The summed E-state index contributed by atoms with van der Waals surface area (Å²) in [6.45, 7) is 3.98. The predicted molar refractivity (Wildman–Crippen MR) is 115 cm³/mol. The van der Waals surface area contributed by atoms with Gasteiger partial charge >= 0.3 is 12.1 Å². The van der Waals surface area contributed by atoms with Gasteiger partial charge in [0.05, 0.1) is 16.4 Å². The lowest BCUT2D eigenvalue weighted by Gasteiger charge is -2.43. The molecule has 1 fully saturated rings. The van der Waals surface area contributed by atoms with Gasteiger partial charge in [0.1, 0.15) is 5.82 Å². The van der Waals surface area contributed by atoms with E-state index < -0.39 is 45.7 Å². The number of sulfonamides is 1. The van der Waals surface area contributed by atoms with Gasteiger partial charge < -0.3 is 10.0 Å². The molecule has 4 rings (SSSR count). The first-order chi connectivity index (χ1) is 15.4. The summed E-state index contributed by atoms with van der Waals surface area (Å²) >= 11 is 0. The second kappa shape index (κ2) is 8.28. The molecule has 0 amide bonds. The van der Waals surface area contributed by atoms with E-state index >= 15 is 0 Å². The second-order valence-electron chi connectivity index (χ2n) is 8.63. The average Bonchev–Trinajstić information content (AvgIpc) is 3.16. The molecule has 2 heterocycles. The third-order valence-corrected chi connectivity index (χ3v) is 8.43. The van der Waals surface area contributed by atoms with Gasteiger partial charge in [0.25, 0.3) is 0 Å². The Kier molecular flexibility index (Phi) is 5.90. The Bertz CT molecular complexity index is 1160. The molecule has 0 bridgehead atoms. The monoisotopic (exact) mass is 483 g/mol. The third kappa shape index (κ3) is 4.31. The summed E-state index contributed by atoms with van der Waals surface area (Å²) in [5.74, 6) is -1.34. The number of aliphatic carboxylic acids is 1. The van der Waals surface area contributed by atoms with Gasteiger partial charge in [0, 0.05) is 31.4 Å². The zero-order chi connectivity index (χ0) is 24.1. The summed E-state index contributed by atoms with van der Waals surface area (Å²) in [6.07, 6.45) is -2.66. The van der Waals surface area contributed by atoms with Gasteiger partial charge in [-0.2, -0.15) is 17.5 Å². The molecule has 3 unspecified atom stereocenters. The molecule has 7 nitrogen and oxygen atoms in total. The quantitative estimate of drug-likeness (QED) is 0.716. The highest BCUT2D eigenvalue weighted by Crippen LogP contribution is 2.36. The highest BCUT2D eigenvalue weighted by atomic mass is 32.2. The molecule has 2 aliphatic rings. The number of benzene rings is 1. The summed E-state index contributed by atoms with van der Waals surface area (Å²) in [4.78, 5) is 17.3. The van der Waals surface area contributed by atoms with Crippen LogP contribution in [0.2, 0.25) is 0 Å². The number of pyridine rings is 1. The Morgan fingerprint density at radius 2 is 1.79 bits per heavy atom. The maximum absolute atomic E-state index is 13.5. The molecular formula is C22H24F3N3O4S. The van der Waals surface area contributed by atoms with Crippen LogP contribution in [-0.2, 0) is 27.4 Å². The van der Waals surface area contributed by atoms with Crippen molar-refractivity contribution in [3.05, 3.63) is 53.2 Å². The van der Waals surface area contributed by atoms with Crippen LogP contribution in [0.4, 0.5) is 19.0 Å². The van der Waals surface area contributed by atoms with Gasteiger partial charge in [0.15, 0.2) is 0 Å². The molecule has 1 aliphatic carbocycles. The minimum atomic E-state index is -4.48. The molecule has 33 heavy (non-hydrogen) atoms. The number of nitrogens with zero attached hydrogens (tertiary/aromatic N) is 3. The number of fused-ring (bicyclic) bond motifs is 1. The number of piperazine rings is 1. The van der Waals surface area contributed by atoms with Crippen molar-refractivity contribution in [2.24, 2.45) is 0 Å². The van der Waals surface area contributed by atoms with Crippen LogP contribution >= 0.6 is 0 Å². The van der Waals surface area contributed by atoms with Crippen LogP contribution in [-0.4, -0.2) is 54.0 Å². The lowest BCUT2D eigenvalue weighted by molar-refractivity contribution is -0.139. The van der Waals surface area contributed by atoms with E-state index in [4.69, 9.17) is 0 Å². The van der Waals surface area contributed by atoms with Crippen LogP contribution in [0.25, 0.3) is 0 Å². The Morgan fingerprint density at radius 1 is 1.12 bits per heavy atom. The number of carboxylic acids is 1. The lowest BCUT2D eigenvalue weighted by Crippen LogP contribution is -2.58. The van der Waals surface area contributed by atoms with E-state index in [-0.39, 0.29) is 18.0 Å². The maximum Gasteiger partial charge on any atom is 0.417 e. The number of carboxylic acid groups (broad SMARTS) is 1. The highest BCUT2D eigenvalue weighted by Gasteiger charge is 2.40. The number of rotatable bonds is 4. The molecule has 1 N–H and O–H groups in total. The van der Waals surface area contributed by atoms with Gasteiger partial charge in [-0.15, -0.1) is 0 Å². The number of aryl methyl sites for hydroxylation is 1. The van der Waals surface area contributed by atoms with E-state index in [1.54, 1.807) is 24.8 Å². The molecule has 11 heteroatoms. The van der Waals surface area contributed by atoms with E-state index in [0.717, 1.165) is 17.8 Å². The van der Waals surface area contributed by atoms with Gasteiger partial charge in [-0.05, 0) is 62.1 Å². The summed E-state index contributed by atoms with van der Waals surface area (Å²) in [5.41, 5.74) is 0.543. The second-order valence-corrected chi connectivity index (χ2v) is 10.5. The van der Waals surface area contributed by atoms with E-state index in [9.17, 15) is 31.5 Å². The Hall–Kier alpha value is -2.66. The van der Waals surface area contributed by atoms with Crippen molar-refractivity contribution in [2.45, 2.75) is 55.8 Å². The van der Waals surface area contributed by atoms with Crippen molar-refractivity contribution in [3.8, 4) is 0 Å². The van der Waals surface area contributed by atoms with Crippen molar-refractivity contribution >= 4 is 21.8 Å². The zero-order valence-corrected chi connectivity index (χ0v) is 18.9. The third-order valence-electron chi connectivity index (χ3n) is 6.31. The summed E-state index contributed by atoms with van der Waals surface area (Å²) < 4.78 is 66.9. The molecule has 1 aromatic heterocycles. The van der Waals surface area contributed by atoms with Gasteiger partial charge in [0.2, 0.25) is 10.0 Å². The fraction of sp³-hybridized carbons (Fsp3) is 0.455. The standard InChI is InChI=1S/C22H24F3N3O4S/c1-13-11-27(20-8-5-16(10-26-20)22(23,24)25)12-14(2)28(13)33(31,32)17-6-3-15-4-7-18(21(29)30)19(15)9-17/h3,5-6,8-10,13-14,18H,4,7,11-12H2,1-2H3,(H,29,30). The molecule has 0 saturated carbocycles. The smallest absolute Gasteiger partial charge is 0.417 e. The topological polar surface area (TPSA) is 90.8 Å². The first-order valence-corrected chi connectivity index (χ1v) is 12.0. The molecule has 1 saturated heterocycles. The van der Waals surface area contributed by atoms with Crippen molar-refractivity contribution in [1.29, 1.82) is 0 Å². The first-order valence-electron chi connectivity index (χ1n) is 10.6. The number of hydrogen-bond donors (Lipinski definition) is 1. The summed E-state index contributed by atoms with van der Waals surface area (Å²) in [7, 11) is -3.92. The largest absolute Gasteiger partial charge is 0.481 e. The lowest BCUT2D eigenvalue weighted by atomic mass is 10.0. The molecule has 1 aromatic carbocycles. The van der Waals surface area contributed by atoms with Gasteiger partial charge in [-0.1, -0.05) is 6.07 Å². The summed E-state index contributed by atoms with van der Waals surface area (Å²) in [5, 5.41) is 9.45. The Labute approximate surface area is 189 Å². The molecule has 0 radical (unpaired) electrons. The predicted octanol–water partition coefficient (Wildman–Crippen LogP) is 3.50. The maximum atomic E-state index is 13.5.